The van der Waals surface area contributed by atoms with Gasteiger partial charge in [-0.15, -0.1) is 0 Å². The van der Waals surface area contributed by atoms with Gasteiger partial charge in [0.05, 0.1) is 18.3 Å². The van der Waals surface area contributed by atoms with Crippen LogP contribution in [0.4, 0.5) is 0 Å². The van der Waals surface area contributed by atoms with E-state index in [9.17, 15) is 4.79 Å². The molecule has 0 N–H and O–H groups in total. The number of hydrogen-bond acceptors (Lipinski definition) is 4. The van der Waals surface area contributed by atoms with Gasteiger partial charge < -0.3 is 14.2 Å². The number of hydrogen-bond donors (Lipinski definition) is 0. The van der Waals surface area contributed by atoms with Gasteiger partial charge in [0.15, 0.2) is 0 Å². The van der Waals surface area contributed by atoms with Crippen LogP contribution in [0.1, 0.15) is 67.2 Å². The van der Waals surface area contributed by atoms with Crippen LogP contribution in [0.2, 0.25) is 0 Å². The van der Waals surface area contributed by atoms with Gasteiger partial charge in [-0.25, -0.2) is 0 Å². The Bertz CT molecular complexity index is 278. The van der Waals surface area contributed by atoms with Crippen molar-refractivity contribution in [3.63, 3.8) is 0 Å². The summed E-state index contributed by atoms with van der Waals surface area (Å²) >= 11 is 0. The molecule has 126 valence electrons. The van der Waals surface area contributed by atoms with Gasteiger partial charge in [-0.05, 0) is 46.0 Å². The van der Waals surface area contributed by atoms with Gasteiger partial charge in [-0.2, -0.15) is 0 Å². The molecule has 4 nitrogen and oxygen atoms in total. The first-order valence-corrected chi connectivity index (χ1v) is 8.24. The predicted molar refractivity (Wildman–Crippen MR) is 85.4 cm³/mol. The Morgan fingerprint density at radius 2 is 1.86 bits per heavy atom. The van der Waals surface area contributed by atoms with E-state index in [0.717, 1.165) is 19.4 Å². The van der Waals surface area contributed by atoms with Crippen molar-refractivity contribution in [2.24, 2.45) is 5.92 Å². The molecular formula is C17H34O4. The van der Waals surface area contributed by atoms with Crippen LogP contribution in [0.25, 0.3) is 0 Å². The highest BCUT2D eigenvalue weighted by atomic mass is 16.5. The summed E-state index contributed by atoms with van der Waals surface area (Å²) < 4.78 is 16.7. The predicted octanol–water partition coefficient (Wildman–Crippen LogP) is 3.97. The third-order valence-corrected chi connectivity index (χ3v) is 3.61. The van der Waals surface area contributed by atoms with Crippen LogP contribution in [0.3, 0.4) is 0 Å². The lowest BCUT2D eigenvalue weighted by molar-refractivity contribution is -0.145. The summed E-state index contributed by atoms with van der Waals surface area (Å²) in [4.78, 5) is 11.5. The molecule has 0 aliphatic rings. The van der Waals surface area contributed by atoms with Crippen molar-refractivity contribution in [2.75, 3.05) is 19.8 Å². The Hall–Kier alpha value is -0.610. The van der Waals surface area contributed by atoms with Gasteiger partial charge in [0, 0.05) is 19.6 Å². The van der Waals surface area contributed by atoms with Crippen molar-refractivity contribution in [1.29, 1.82) is 0 Å². The van der Waals surface area contributed by atoms with Crippen LogP contribution in [0.15, 0.2) is 0 Å². The molecule has 0 aliphatic heterocycles. The van der Waals surface area contributed by atoms with Crippen molar-refractivity contribution >= 4 is 5.97 Å². The van der Waals surface area contributed by atoms with E-state index < -0.39 is 0 Å². The van der Waals surface area contributed by atoms with Crippen LogP contribution >= 0.6 is 0 Å². The molecule has 0 spiro atoms. The summed E-state index contributed by atoms with van der Waals surface area (Å²) in [5, 5.41) is 0. The summed E-state index contributed by atoms with van der Waals surface area (Å²) in [6, 6.07) is 0. The second-order valence-electron chi connectivity index (χ2n) is 6.28. The topological polar surface area (TPSA) is 44.8 Å². The number of carbonyl (C=O) groups is 1. The standard InChI is InChI=1S/C17H34O4/c1-7-17(6,21-8-2)11-12-19-15(5)9-10-16(18)20-13-14(3)4/h14-15H,7-13H2,1-6H3. The lowest BCUT2D eigenvalue weighted by Gasteiger charge is -2.28. The molecule has 2 unspecified atom stereocenters. The Balaban J connectivity index is 3.80. The Labute approximate surface area is 130 Å². The third kappa shape index (κ3) is 10.7. The fourth-order valence-corrected chi connectivity index (χ4v) is 1.91. The minimum atomic E-state index is -0.133. The molecule has 4 heteroatoms. The van der Waals surface area contributed by atoms with Crippen molar-refractivity contribution in [3.8, 4) is 0 Å². The van der Waals surface area contributed by atoms with E-state index in [1.165, 1.54) is 0 Å². The van der Waals surface area contributed by atoms with E-state index in [0.29, 0.717) is 32.0 Å². The molecule has 0 saturated carbocycles. The van der Waals surface area contributed by atoms with Crippen molar-refractivity contribution < 1.29 is 19.0 Å². The van der Waals surface area contributed by atoms with Crippen molar-refractivity contribution in [3.05, 3.63) is 0 Å². The molecule has 21 heavy (non-hydrogen) atoms. The first kappa shape index (κ1) is 20.4. The van der Waals surface area contributed by atoms with E-state index in [1.807, 2.05) is 27.7 Å². The van der Waals surface area contributed by atoms with Crippen LogP contribution in [-0.2, 0) is 19.0 Å². The molecule has 0 amide bonds. The monoisotopic (exact) mass is 302 g/mol. The fourth-order valence-electron chi connectivity index (χ4n) is 1.91. The highest BCUT2D eigenvalue weighted by molar-refractivity contribution is 5.69. The van der Waals surface area contributed by atoms with Gasteiger partial charge in [0.2, 0.25) is 0 Å². The molecule has 0 fully saturated rings. The molecule has 0 radical (unpaired) electrons. The maximum Gasteiger partial charge on any atom is 0.305 e. The molecule has 2 atom stereocenters. The van der Waals surface area contributed by atoms with E-state index >= 15 is 0 Å². The van der Waals surface area contributed by atoms with Gasteiger partial charge >= 0.3 is 5.97 Å². The average molecular weight is 302 g/mol. The highest BCUT2D eigenvalue weighted by Crippen LogP contribution is 2.20. The fraction of sp³-hybridized carbons (Fsp3) is 0.941. The van der Waals surface area contributed by atoms with Crippen molar-refractivity contribution in [1.82, 2.24) is 0 Å². The van der Waals surface area contributed by atoms with Gasteiger partial charge in [-0.3, -0.25) is 4.79 Å². The zero-order chi connectivity index (χ0) is 16.3. The molecule has 0 aromatic heterocycles. The number of rotatable bonds is 12. The average Bonchev–Trinajstić information content (AvgIpc) is 2.43. The SMILES string of the molecule is CCOC(C)(CC)CCOC(C)CCC(=O)OCC(C)C. The second-order valence-corrected chi connectivity index (χ2v) is 6.28. The second kappa shape index (κ2) is 11.0. The molecule has 0 aliphatic carbocycles. The first-order chi connectivity index (χ1) is 9.83. The molecule has 0 rings (SSSR count). The molecule has 0 aromatic carbocycles. The number of esters is 1. The Kier molecular flexibility index (Phi) is 10.7. The minimum Gasteiger partial charge on any atom is -0.465 e. The van der Waals surface area contributed by atoms with E-state index in [-0.39, 0.29) is 17.7 Å². The Morgan fingerprint density at radius 3 is 2.38 bits per heavy atom. The van der Waals surface area contributed by atoms with Gasteiger partial charge in [0.25, 0.3) is 0 Å². The molecule has 0 heterocycles. The minimum absolute atomic E-state index is 0.0688. The first-order valence-electron chi connectivity index (χ1n) is 8.24. The zero-order valence-corrected chi connectivity index (χ0v) is 14.7. The molecule has 0 aromatic rings. The molecular weight excluding hydrogens is 268 g/mol. The largest absolute Gasteiger partial charge is 0.465 e. The summed E-state index contributed by atoms with van der Waals surface area (Å²) in [6.07, 6.45) is 3.04. The van der Waals surface area contributed by atoms with Crippen molar-refractivity contribution in [2.45, 2.75) is 78.9 Å². The van der Waals surface area contributed by atoms with E-state index in [1.54, 1.807) is 0 Å². The smallest absolute Gasteiger partial charge is 0.305 e. The van der Waals surface area contributed by atoms with E-state index in [2.05, 4.69) is 13.8 Å². The lowest BCUT2D eigenvalue weighted by Crippen LogP contribution is -2.30. The molecule has 0 bridgehead atoms. The Morgan fingerprint density at radius 1 is 1.19 bits per heavy atom. The number of ether oxygens (including phenoxy) is 3. The van der Waals surface area contributed by atoms with Crippen LogP contribution in [-0.4, -0.2) is 37.5 Å². The van der Waals surface area contributed by atoms with Crippen LogP contribution < -0.4 is 0 Å². The summed E-state index contributed by atoms with van der Waals surface area (Å²) in [5.41, 5.74) is -0.106. The normalized spacial score (nSPS) is 15.8. The highest BCUT2D eigenvalue weighted by Gasteiger charge is 2.22. The van der Waals surface area contributed by atoms with Gasteiger partial charge in [-0.1, -0.05) is 20.8 Å². The molecule has 0 saturated heterocycles. The van der Waals surface area contributed by atoms with Crippen LogP contribution in [0.5, 0.6) is 0 Å². The van der Waals surface area contributed by atoms with Gasteiger partial charge in [0.1, 0.15) is 0 Å². The zero-order valence-electron chi connectivity index (χ0n) is 14.7. The third-order valence-electron chi connectivity index (χ3n) is 3.61. The quantitative estimate of drug-likeness (QED) is 0.512. The summed E-state index contributed by atoms with van der Waals surface area (Å²) in [6.45, 7) is 14.2. The number of carbonyl (C=O) groups excluding carboxylic acids is 1. The summed E-state index contributed by atoms with van der Waals surface area (Å²) in [5.74, 6) is 0.250. The van der Waals surface area contributed by atoms with E-state index in [4.69, 9.17) is 14.2 Å². The summed E-state index contributed by atoms with van der Waals surface area (Å²) in [7, 11) is 0. The maximum atomic E-state index is 11.5. The maximum absolute atomic E-state index is 11.5. The van der Waals surface area contributed by atoms with Crippen LogP contribution in [0, 0.1) is 5.92 Å². The lowest BCUT2D eigenvalue weighted by atomic mass is 9.99.